The molecule has 0 spiro atoms. The van der Waals surface area contributed by atoms with Crippen LogP contribution in [0, 0.1) is 0 Å². The zero-order valence-electron chi connectivity index (χ0n) is 8.54. The maximum absolute atomic E-state index is 10.4. The monoisotopic (exact) mass is 260 g/mol. The van der Waals surface area contributed by atoms with E-state index >= 15 is 0 Å². The molecule has 1 aromatic rings. The van der Waals surface area contributed by atoms with E-state index in [1.165, 1.54) is 6.08 Å². The van der Waals surface area contributed by atoms with Crippen LogP contribution in [0.3, 0.4) is 0 Å². The molecule has 1 rings (SSSR count). The minimum Gasteiger partial charge on any atom is -0.492 e. The van der Waals surface area contributed by atoms with E-state index in [9.17, 15) is 4.79 Å². The minimum atomic E-state index is -1.04. The summed E-state index contributed by atoms with van der Waals surface area (Å²) in [6.07, 6.45) is 2.40. The number of rotatable bonds is 4. The molecule has 0 saturated carbocycles. The summed E-state index contributed by atoms with van der Waals surface area (Å²) < 4.78 is 5.32. The molecule has 0 heterocycles. The highest BCUT2D eigenvalue weighted by Crippen LogP contribution is 2.33. The van der Waals surface area contributed by atoms with Crippen LogP contribution in [0.25, 0.3) is 6.08 Å². The van der Waals surface area contributed by atoms with Crippen molar-refractivity contribution in [3.05, 3.63) is 33.8 Å². The third kappa shape index (κ3) is 3.43. The Labute approximate surface area is 103 Å². The van der Waals surface area contributed by atoms with Crippen LogP contribution in [0.2, 0.25) is 10.0 Å². The molecule has 1 N–H and O–H groups in total. The standard InChI is InChI=1S/C11H10Cl2O3/c1-2-16-11-7(3-4-10(14)15)5-8(12)6-9(11)13/h3-6H,2H2,1H3,(H,14,15)/b4-3+. The summed E-state index contributed by atoms with van der Waals surface area (Å²) in [5, 5.41) is 9.33. The number of aliphatic carboxylic acids is 1. The maximum atomic E-state index is 10.4. The van der Waals surface area contributed by atoms with E-state index in [1.54, 1.807) is 12.1 Å². The number of ether oxygens (including phenoxy) is 1. The summed E-state index contributed by atoms with van der Waals surface area (Å²) in [6.45, 7) is 2.25. The Hall–Kier alpha value is -1.19. The van der Waals surface area contributed by atoms with Gasteiger partial charge in [0.25, 0.3) is 0 Å². The second-order valence-corrected chi connectivity index (χ2v) is 3.75. The lowest BCUT2D eigenvalue weighted by Crippen LogP contribution is -1.95. The van der Waals surface area contributed by atoms with Gasteiger partial charge in [0.1, 0.15) is 5.75 Å². The topological polar surface area (TPSA) is 46.5 Å². The summed E-state index contributed by atoms with van der Waals surface area (Å²) in [6, 6.07) is 3.14. The van der Waals surface area contributed by atoms with E-state index in [0.717, 1.165) is 6.08 Å². The zero-order chi connectivity index (χ0) is 12.1. The van der Waals surface area contributed by atoms with E-state index in [4.69, 9.17) is 33.0 Å². The number of hydrogen-bond acceptors (Lipinski definition) is 2. The quantitative estimate of drug-likeness (QED) is 0.844. The van der Waals surface area contributed by atoms with Crippen LogP contribution in [0.15, 0.2) is 18.2 Å². The Bertz CT molecular complexity index is 427. The fourth-order valence-electron chi connectivity index (χ4n) is 1.16. The van der Waals surface area contributed by atoms with Crippen molar-refractivity contribution in [3.8, 4) is 5.75 Å². The van der Waals surface area contributed by atoms with Crippen molar-refractivity contribution in [2.75, 3.05) is 6.61 Å². The average Bonchev–Trinajstić information content (AvgIpc) is 2.19. The van der Waals surface area contributed by atoms with Gasteiger partial charge < -0.3 is 9.84 Å². The molecule has 0 unspecified atom stereocenters. The first kappa shape index (κ1) is 12.9. The van der Waals surface area contributed by atoms with Crippen LogP contribution in [0.1, 0.15) is 12.5 Å². The largest absolute Gasteiger partial charge is 0.492 e. The highest BCUT2D eigenvalue weighted by molar-refractivity contribution is 6.35. The Morgan fingerprint density at radius 2 is 2.19 bits per heavy atom. The number of carboxylic acids is 1. The SMILES string of the molecule is CCOc1c(Cl)cc(Cl)cc1/C=C/C(=O)O. The summed E-state index contributed by atoms with van der Waals surface area (Å²) in [5.74, 6) is -0.607. The highest BCUT2D eigenvalue weighted by Gasteiger charge is 2.08. The lowest BCUT2D eigenvalue weighted by molar-refractivity contribution is -0.131. The molecule has 0 aliphatic heterocycles. The van der Waals surface area contributed by atoms with Gasteiger partial charge in [-0.3, -0.25) is 0 Å². The Morgan fingerprint density at radius 3 is 2.75 bits per heavy atom. The third-order valence-electron chi connectivity index (χ3n) is 1.73. The van der Waals surface area contributed by atoms with Gasteiger partial charge in [0.2, 0.25) is 0 Å². The van der Waals surface area contributed by atoms with Crippen molar-refractivity contribution >= 4 is 35.2 Å². The number of carbonyl (C=O) groups is 1. The van der Waals surface area contributed by atoms with Crippen molar-refractivity contribution in [2.24, 2.45) is 0 Å². The summed E-state index contributed by atoms with van der Waals surface area (Å²) in [4.78, 5) is 10.4. The molecule has 1 aromatic carbocycles. The zero-order valence-corrected chi connectivity index (χ0v) is 10.0. The van der Waals surface area contributed by atoms with Gasteiger partial charge in [-0.2, -0.15) is 0 Å². The van der Waals surface area contributed by atoms with E-state index < -0.39 is 5.97 Å². The van der Waals surface area contributed by atoms with Gasteiger partial charge in [0.15, 0.2) is 0 Å². The first-order chi connectivity index (χ1) is 7.54. The van der Waals surface area contributed by atoms with Crippen LogP contribution < -0.4 is 4.74 Å². The first-order valence-corrected chi connectivity index (χ1v) is 5.33. The Kier molecular flexibility index (Phi) is 4.65. The molecule has 3 nitrogen and oxygen atoms in total. The van der Waals surface area contributed by atoms with Crippen molar-refractivity contribution < 1.29 is 14.6 Å². The highest BCUT2D eigenvalue weighted by atomic mass is 35.5. The summed E-state index contributed by atoms with van der Waals surface area (Å²) in [5.41, 5.74) is 0.543. The van der Waals surface area contributed by atoms with Gasteiger partial charge in [0.05, 0.1) is 11.6 Å². The van der Waals surface area contributed by atoms with Gasteiger partial charge in [-0.1, -0.05) is 23.2 Å². The van der Waals surface area contributed by atoms with Crippen LogP contribution in [0.4, 0.5) is 0 Å². The van der Waals surface area contributed by atoms with Gasteiger partial charge in [-0.25, -0.2) is 4.79 Å². The average molecular weight is 261 g/mol. The second-order valence-electron chi connectivity index (χ2n) is 2.91. The van der Waals surface area contributed by atoms with E-state index in [1.807, 2.05) is 6.92 Å². The molecule has 0 aliphatic rings. The van der Waals surface area contributed by atoms with Gasteiger partial charge in [-0.05, 0) is 25.1 Å². The molecule has 16 heavy (non-hydrogen) atoms. The van der Waals surface area contributed by atoms with Crippen molar-refractivity contribution in [3.63, 3.8) is 0 Å². The Morgan fingerprint density at radius 1 is 1.50 bits per heavy atom. The lowest BCUT2D eigenvalue weighted by atomic mass is 10.2. The van der Waals surface area contributed by atoms with E-state index in [0.29, 0.717) is 28.0 Å². The van der Waals surface area contributed by atoms with Crippen molar-refractivity contribution in [2.45, 2.75) is 6.92 Å². The predicted molar refractivity (Wildman–Crippen MR) is 64.3 cm³/mol. The lowest BCUT2D eigenvalue weighted by Gasteiger charge is -2.09. The van der Waals surface area contributed by atoms with Gasteiger partial charge >= 0.3 is 5.97 Å². The first-order valence-electron chi connectivity index (χ1n) is 4.57. The van der Waals surface area contributed by atoms with Gasteiger partial charge in [-0.15, -0.1) is 0 Å². The molecule has 5 heteroatoms. The molecule has 0 fully saturated rings. The predicted octanol–water partition coefficient (Wildman–Crippen LogP) is 3.49. The molecule has 0 amide bonds. The van der Waals surface area contributed by atoms with Crippen LogP contribution in [0.5, 0.6) is 5.75 Å². The molecule has 0 radical (unpaired) electrons. The Balaban J connectivity index is 3.18. The van der Waals surface area contributed by atoms with Crippen molar-refractivity contribution in [1.82, 2.24) is 0 Å². The summed E-state index contributed by atoms with van der Waals surface area (Å²) in [7, 11) is 0. The van der Waals surface area contributed by atoms with Gasteiger partial charge in [0, 0.05) is 16.7 Å². The molecule has 0 atom stereocenters. The third-order valence-corrected chi connectivity index (χ3v) is 2.23. The molecule has 0 aromatic heterocycles. The molecule has 0 aliphatic carbocycles. The van der Waals surface area contributed by atoms with E-state index in [2.05, 4.69) is 0 Å². The molecule has 86 valence electrons. The minimum absolute atomic E-state index is 0.361. The molecule has 0 saturated heterocycles. The number of benzene rings is 1. The van der Waals surface area contributed by atoms with Crippen LogP contribution in [-0.2, 0) is 4.79 Å². The molecular weight excluding hydrogens is 251 g/mol. The van der Waals surface area contributed by atoms with Crippen molar-refractivity contribution in [1.29, 1.82) is 0 Å². The second kappa shape index (κ2) is 5.77. The summed E-state index contributed by atoms with van der Waals surface area (Å²) >= 11 is 11.8. The van der Waals surface area contributed by atoms with E-state index in [-0.39, 0.29) is 0 Å². The number of hydrogen-bond donors (Lipinski definition) is 1. The van der Waals surface area contributed by atoms with Crippen LogP contribution >= 0.6 is 23.2 Å². The maximum Gasteiger partial charge on any atom is 0.328 e. The fraction of sp³-hybridized carbons (Fsp3) is 0.182. The smallest absolute Gasteiger partial charge is 0.328 e. The number of halogens is 2. The van der Waals surface area contributed by atoms with Crippen LogP contribution in [-0.4, -0.2) is 17.7 Å². The fourth-order valence-corrected chi connectivity index (χ4v) is 1.73. The molecule has 0 bridgehead atoms. The number of carboxylic acid groups (broad SMARTS) is 1. The normalized spacial score (nSPS) is 10.7. The molecular formula is C11H10Cl2O3.